The minimum Gasteiger partial charge on any atom is -0.378 e. The molecule has 0 saturated carbocycles. The van der Waals surface area contributed by atoms with E-state index in [1.54, 1.807) is 30.5 Å². The third-order valence-electron chi connectivity index (χ3n) is 5.05. The number of alkyl halides is 3. The first-order chi connectivity index (χ1) is 14.4. The van der Waals surface area contributed by atoms with Gasteiger partial charge in [0, 0.05) is 49.7 Å². The zero-order valence-electron chi connectivity index (χ0n) is 17.1. The molecule has 164 valence electrons. The molecule has 2 aromatic rings. The number of guanidine groups is 1. The molecule has 30 heavy (non-hydrogen) atoms. The third-order valence-corrected chi connectivity index (χ3v) is 6.15. The lowest BCUT2D eigenvalue weighted by molar-refractivity contribution is -0.138. The summed E-state index contributed by atoms with van der Waals surface area (Å²) in [7, 11) is 1.61. The molecule has 0 radical (unpaired) electrons. The minimum absolute atomic E-state index is 0.0330. The Bertz CT molecular complexity index is 833. The van der Waals surface area contributed by atoms with Gasteiger partial charge in [-0.1, -0.05) is 19.1 Å². The van der Waals surface area contributed by atoms with Crippen LogP contribution >= 0.6 is 11.3 Å². The minimum atomic E-state index is -4.43. The molecular weight excluding hydrogens is 413 g/mol. The van der Waals surface area contributed by atoms with Crippen LogP contribution in [0.1, 0.15) is 28.8 Å². The van der Waals surface area contributed by atoms with E-state index in [0.29, 0.717) is 44.5 Å². The molecule has 1 aliphatic rings. The second-order valence-corrected chi connectivity index (χ2v) is 8.14. The van der Waals surface area contributed by atoms with Gasteiger partial charge >= 0.3 is 6.18 Å². The van der Waals surface area contributed by atoms with E-state index < -0.39 is 11.7 Å². The van der Waals surface area contributed by atoms with Gasteiger partial charge in [0.25, 0.3) is 0 Å². The van der Waals surface area contributed by atoms with Gasteiger partial charge in [-0.25, -0.2) is 0 Å². The zero-order valence-corrected chi connectivity index (χ0v) is 17.9. The van der Waals surface area contributed by atoms with E-state index >= 15 is 0 Å². The smallest absolute Gasteiger partial charge is 0.378 e. The van der Waals surface area contributed by atoms with Crippen molar-refractivity contribution < 1.29 is 17.9 Å². The summed E-state index contributed by atoms with van der Waals surface area (Å²) in [6.07, 6.45) is -4.43. The van der Waals surface area contributed by atoms with Crippen molar-refractivity contribution in [2.24, 2.45) is 4.99 Å². The average molecular weight is 441 g/mol. The number of aliphatic imine (C=N–C) groups is 1. The Balaban J connectivity index is 1.65. The Morgan fingerprint density at radius 3 is 2.63 bits per heavy atom. The van der Waals surface area contributed by atoms with Gasteiger partial charge in [-0.05, 0) is 29.1 Å². The molecule has 0 amide bonds. The predicted octanol–water partition coefficient (Wildman–Crippen LogP) is 4.07. The molecule has 1 atom stereocenters. The van der Waals surface area contributed by atoms with Crippen molar-refractivity contribution in [3.05, 3.63) is 51.7 Å². The van der Waals surface area contributed by atoms with Crippen molar-refractivity contribution >= 4 is 23.0 Å². The summed E-state index contributed by atoms with van der Waals surface area (Å²) in [5.74, 6) is 0.755. The standard InChI is InChI=1S/C21H27F3N4OS/c1-15(19-4-3-11-30-19)13-26-20(25-2)27-14-16-5-6-17(12-18(16)21(22,23)24)28-7-9-29-10-8-28/h3-6,11-12,15H,7-10,13-14H2,1-2H3,(H2,25,26,27). The van der Waals surface area contributed by atoms with E-state index in [0.717, 1.165) is 0 Å². The van der Waals surface area contributed by atoms with E-state index in [-0.39, 0.29) is 18.0 Å². The van der Waals surface area contributed by atoms with Crippen molar-refractivity contribution in [1.29, 1.82) is 0 Å². The van der Waals surface area contributed by atoms with Crippen molar-refractivity contribution in [1.82, 2.24) is 10.6 Å². The highest BCUT2D eigenvalue weighted by Crippen LogP contribution is 2.35. The van der Waals surface area contributed by atoms with Gasteiger partial charge in [-0.2, -0.15) is 13.2 Å². The summed E-state index contributed by atoms with van der Waals surface area (Å²) in [6, 6.07) is 8.59. The number of hydrogen-bond donors (Lipinski definition) is 2. The number of morpholine rings is 1. The van der Waals surface area contributed by atoms with E-state index in [1.165, 1.54) is 10.9 Å². The molecule has 2 heterocycles. The van der Waals surface area contributed by atoms with Crippen LogP contribution in [0.15, 0.2) is 40.7 Å². The van der Waals surface area contributed by atoms with Crippen molar-refractivity contribution in [2.45, 2.75) is 25.6 Å². The third kappa shape index (κ3) is 5.89. The Labute approximate surface area is 179 Å². The van der Waals surface area contributed by atoms with Gasteiger partial charge in [-0.15, -0.1) is 11.3 Å². The molecule has 2 N–H and O–H groups in total. The lowest BCUT2D eigenvalue weighted by Gasteiger charge is -2.29. The van der Waals surface area contributed by atoms with Crippen LogP contribution in [0.2, 0.25) is 0 Å². The van der Waals surface area contributed by atoms with Crippen molar-refractivity contribution in [2.75, 3.05) is 44.8 Å². The molecular formula is C21H27F3N4OS. The van der Waals surface area contributed by atoms with E-state index in [1.807, 2.05) is 16.3 Å². The van der Waals surface area contributed by atoms with E-state index in [4.69, 9.17) is 4.74 Å². The molecule has 9 heteroatoms. The second kappa shape index (κ2) is 10.2. The predicted molar refractivity (Wildman–Crippen MR) is 115 cm³/mol. The molecule has 1 saturated heterocycles. The molecule has 5 nitrogen and oxygen atoms in total. The zero-order chi connectivity index (χ0) is 21.6. The summed E-state index contributed by atoms with van der Waals surface area (Å²) in [6.45, 7) is 5.00. The van der Waals surface area contributed by atoms with E-state index in [9.17, 15) is 13.2 Å². The van der Waals surface area contributed by atoms with Gasteiger partial charge in [-0.3, -0.25) is 4.99 Å². The average Bonchev–Trinajstić information content (AvgIpc) is 3.29. The number of halogens is 3. The monoisotopic (exact) mass is 440 g/mol. The first-order valence-electron chi connectivity index (χ1n) is 9.89. The number of rotatable bonds is 6. The Morgan fingerprint density at radius 1 is 1.23 bits per heavy atom. The Morgan fingerprint density at radius 2 is 2.00 bits per heavy atom. The summed E-state index contributed by atoms with van der Waals surface area (Å²) < 4.78 is 46.4. The first-order valence-corrected chi connectivity index (χ1v) is 10.8. The van der Waals surface area contributed by atoms with Crippen LogP contribution in [0.5, 0.6) is 0 Å². The largest absolute Gasteiger partial charge is 0.416 e. The summed E-state index contributed by atoms with van der Waals surface area (Å²) in [5, 5.41) is 8.22. The number of nitrogens with one attached hydrogen (secondary N) is 2. The molecule has 1 aromatic heterocycles. The van der Waals surface area contributed by atoms with Crippen molar-refractivity contribution in [3.8, 4) is 0 Å². The summed E-state index contributed by atoms with van der Waals surface area (Å²) >= 11 is 1.68. The molecule has 0 aliphatic carbocycles. The lowest BCUT2D eigenvalue weighted by Crippen LogP contribution is -2.39. The van der Waals surface area contributed by atoms with Crippen molar-refractivity contribution in [3.63, 3.8) is 0 Å². The summed E-state index contributed by atoms with van der Waals surface area (Å²) in [4.78, 5) is 7.30. The maximum atomic E-state index is 13.7. The van der Waals surface area contributed by atoms with E-state index in [2.05, 4.69) is 28.6 Å². The number of nitrogens with zero attached hydrogens (tertiary/aromatic N) is 2. The van der Waals surface area contributed by atoms with Crippen LogP contribution in [0.25, 0.3) is 0 Å². The maximum Gasteiger partial charge on any atom is 0.416 e. The molecule has 1 aromatic carbocycles. The number of ether oxygens (including phenoxy) is 1. The molecule has 1 fully saturated rings. The fourth-order valence-electron chi connectivity index (χ4n) is 3.32. The van der Waals surface area contributed by atoms with Gasteiger partial charge < -0.3 is 20.3 Å². The SMILES string of the molecule is CN=C(NCc1ccc(N2CCOCC2)cc1C(F)(F)F)NCC(C)c1cccs1. The molecule has 3 rings (SSSR count). The summed E-state index contributed by atoms with van der Waals surface area (Å²) in [5.41, 5.74) is 0.136. The van der Waals surface area contributed by atoms with Gasteiger partial charge in [0.05, 0.1) is 18.8 Å². The van der Waals surface area contributed by atoms with Gasteiger partial charge in [0.2, 0.25) is 0 Å². The molecule has 1 aliphatic heterocycles. The lowest BCUT2D eigenvalue weighted by atomic mass is 10.0. The Hall–Kier alpha value is -2.26. The van der Waals surface area contributed by atoms with Crippen LogP contribution in [-0.4, -0.2) is 45.9 Å². The van der Waals surface area contributed by atoms with Crippen LogP contribution in [0.4, 0.5) is 18.9 Å². The second-order valence-electron chi connectivity index (χ2n) is 7.16. The Kier molecular flexibility index (Phi) is 7.60. The number of thiophene rings is 1. The van der Waals surface area contributed by atoms with Crippen LogP contribution < -0.4 is 15.5 Å². The topological polar surface area (TPSA) is 48.9 Å². The van der Waals surface area contributed by atoms with Crippen LogP contribution in [0.3, 0.4) is 0 Å². The molecule has 1 unspecified atom stereocenters. The number of benzene rings is 1. The highest BCUT2D eigenvalue weighted by Gasteiger charge is 2.34. The van der Waals surface area contributed by atoms with Gasteiger partial charge in [0.1, 0.15) is 0 Å². The normalized spacial score (nSPS) is 16.4. The number of hydrogen-bond acceptors (Lipinski definition) is 4. The van der Waals surface area contributed by atoms with Gasteiger partial charge in [0.15, 0.2) is 5.96 Å². The fraction of sp³-hybridized carbons (Fsp3) is 0.476. The fourth-order valence-corrected chi connectivity index (χ4v) is 4.11. The van der Waals surface area contributed by atoms with Crippen LogP contribution in [-0.2, 0) is 17.5 Å². The molecule has 0 spiro atoms. The highest BCUT2D eigenvalue weighted by atomic mass is 32.1. The van der Waals surface area contributed by atoms with Crippen LogP contribution in [0, 0.1) is 0 Å². The highest BCUT2D eigenvalue weighted by molar-refractivity contribution is 7.10. The number of anilines is 1. The maximum absolute atomic E-state index is 13.7. The first kappa shape index (κ1) is 22.4. The molecule has 0 bridgehead atoms. The quantitative estimate of drug-likeness (QED) is 0.525.